The summed E-state index contributed by atoms with van der Waals surface area (Å²) in [5.74, 6) is -13.1. The van der Waals surface area contributed by atoms with Crippen LogP contribution in [0.2, 0.25) is 0 Å². The lowest BCUT2D eigenvalue weighted by Gasteiger charge is -2.34. The van der Waals surface area contributed by atoms with Gasteiger partial charge in [-0.2, -0.15) is 35.1 Å². The first-order chi connectivity index (χ1) is 7.87. The van der Waals surface area contributed by atoms with E-state index < -0.39 is 24.1 Å². The van der Waals surface area contributed by atoms with E-state index in [-0.39, 0.29) is 12.5 Å². The van der Waals surface area contributed by atoms with Gasteiger partial charge in [-0.15, -0.1) is 0 Å². The normalized spacial score (nSPS) is 14.0. The number of rotatable bonds is 7. The minimum Gasteiger partial charge on any atom is -0.436 e. The number of hydrogen-bond donors (Lipinski definition) is 0. The first kappa shape index (κ1) is 16.5. The molecule has 2 nitrogen and oxygen atoms in total. The molecule has 0 amide bonds. The molecule has 0 rings (SSSR count). The van der Waals surface area contributed by atoms with Crippen LogP contribution >= 0.6 is 0 Å². The lowest BCUT2D eigenvalue weighted by molar-refractivity contribution is -0.449. The fraction of sp³-hybridized carbons (Fsp3) is 0.500. The van der Waals surface area contributed by atoms with Crippen molar-refractivity contribution in [1.29, 1.82) is 0 Å². The molecular weight excluding hydrogens is 280 g/mol. The highest BCUT2D eigenvalue weighted by Crippen LogP contribution is 2.53. The second kappa shape index (κ2) is 4.65. The van der Waals surface area contributed by atoms with E-state index in [1.165, 1.54) is 0 Å². The minimum absolute atomic E-state index is 0.295. The number of halogens is 8. The third-order valence-electron chi connectivity index (χ3n) is 1.59. The van der Waals surface area contributed by atoms with Crippen LogP contribution in [0.3, 0.4) is 0 Å². The van der Waals surface area contributed by atoms with E-state index in [1.54, 1.807) is 0 Å². The van der Waals surface area contributed by atoms with Gasteiger partial charge < -0.3 is 9.47 Å². The molecule has 0 atom stereocenters. The molecule has 0 radical (unpaired) electrons. The molecule has 106 valence electrons. The summed E-state index contributed by atoms with van der Waals surface area (Å²) in [5.41, 5.74) is 0. The van der Waals surface area contributed by atoms with Gasteiger partial charge in [0.15, 0.2) is 0 Å². The Bertz CT molecular complexity index is 293. The van der Waals surface area contributed by atoms with Crippen LogP contribution in [0, 0.1) is 0 Å². The Morgan fingerprint density at radius 3 is 1.00 bits per heavy atom. The van der Waals surface area contributed by atoms with E-state index in [0.717, 1.165) is 0 Å². The maximum Gasteiger partial charge on any atom is 0.470 e. The molecular formula is C8H6F8O2. The van der Waals surface area contributed by atoms with Gasteiger partial charge in [0, 0.05) is 0 Å². The zero-order chi connectivity index (χ0) is 14.8. The summed E-state index contributed by atoms with van der Waals surface area (Å²) in [6.45, 7) is 4.85. The van der Waals surface area contributed by atoms with Crippen LogP contribution in [0.25, 0.3) is 0 Å². The largest absolute Gasteiger partial charge is 0.470 e. The summed E-state index contributed by atoms with van der Waals surface area (Å²) in [6, 6.07) is 0. The van der Waals surface area contributed by atoms with Crippen LogP contribution in [0.5, 0.6) is 0 Å². The molecule has 0 fully saturated rings. The zero-order valence-electron chi connectivity index (χ0n) is 8.41. The SMILES string of the molecule is C=COC(F)(F)C(F)(F)C(F)(F)C(F)(F)OC=C. The predicted octanol–water partition coefficient (Wildman–Crippen LogP) is 3.76. The number of alkyl halides is 8. The summed E-state index contributed by atoms with van der Waals surface area (Å²) in [6.07, 6.45) is -12.4. The molecule has 0 saturated heterocycles. The molecule has 0 N–H and O–H groups in total. The van der Waals surface area contributed by atoms with Gasteiger partial charge in [-0.3, -0.25) is 0 Å². The van der Waals surface area contributed by atoms with Gasteiger partial charge in [-0.25, -0.2) is 0 Å². The van der Waals surface area contributed by atoms with Crippen LogP contribution in [0.4, 0.5) is 35.1 Å². The third-order valence-corrected chi connectivity index (χ3v) is 1.59. The zero-order valence-corrected chi connectivity index (χ0v) is 8.41. The van der Waals surface area contributed by atoms with Crippen molar-refractivity contribution in [3.8, 4) is 0 Å². The molecule has 0 bridgehead atoms. The highest BCUT2D eigenvalue weighted by atomic mass is 19.4. The van der Waals surface area contributed by atoms with Gasteiger partial charge in [0.25, 0.3) is 0 Å². The quantitative estimate of drug-likeness (QED) is 0.524. The van der Waals surface area contributed by atoms with Crippen molar-refractivity contribution in [2.45, 2.75) is 24.1 Å². The minimum atomic E-state index is -6.55. The Kier molecular flexibility index (Phi) is 4.27. The van der Waals surface area contributed by atoms with E-state index >= 15 is 0 Å². The van der Waals surface area contributed by atoms with Crippen molar-refractivity contribution in [2.75, 3.05) is 0 Å². The van der Waals surface area contributed by atoms with E-state index in [1.807, 2.05) is 0 Å². The smallest absolute Gasteiger partial charge is 0.436 e. The Balaban J connectivity index is 5.56. The second-order valence-corrected chi connectivity index (χ2v) is 2.75. The van der Waals surface area contributed by atoms with Crippen molar-refractivity contribution in [3.05, 3.63) is 25.7 Å². The number of hydrogen-bond acceptors (Lipinski definition) is 2. The number of ether oxygens (including phenoxy) is 2. The molecule has 0 spiro atoms. The van der Waals surface area contributed by atoms with E-state index in [2.05, 4.69) is 22.6 Å². The Hall–Kier alpha value is -1.48. The summed E-state index contributed by atoms with van der Waals surface area (Å²) in [4.78, 5) is 0. The Labute approximate surface area is 95.5 Å². The highest BCUT2D eigenvalue weighted by molar-refractivity contribution is 4.98. The van der Waals surface area contributed by atoms with Crippen molar-refractivity contribution < 1.29 is 44.6 Å². The van der Waals surface area contributed by atoms with Crippen molar-refractivity contribution in [1.82, 2.24) is 0 Å². The van der Waals surface area contributed by atoms with Gasteiger partial charge >= 0.3 is 24.1 Å². The van der Waals surface area contributed by atoms with Crippen molar-refractivity contribution in [3.63, 3.8) is 0 Å². The fourth-order valence-electron chi connectivity index (χ4n) is 0.723. The highest BCUT2D eigenvalue weighted by Gasteiger charge is 2.84. The first-order valence-electron chi connectivity index (χ1n) is 3.96. The molecule has 0 aromatic heterocycles. The summed E-state index contributed by atoms with van der Waals surface area (Å²) in [5, 5.41) is 0. The fourth-order valence-corrected chi connectivity index (χ4v) is 0.723. The molecule has 0 heterocycles. The molecule has 0 saturated carbocycles. The topological polar surface area (TPSA) is 18.5 Å². The lowest BCUT2D eigenvalue weighted by Crippen LogP contribution is -2.63. The van der Waals surface area contributed by atoms with Crippen LogP contribution in [0.1, 0.15) is 0 Å². The van der Waals surface area contributed by atoms with Crippen LogP contribution < -0.4 is 0 Å². The summed E-state index contributed by atoms with van der Waals surface area (Å²) >= 11 is 0. The van der Waals surface area contributed by atoms with Crippen LogP contribution in [-0.4, -0.2) is 24.1 Å². The molecule has 0 aliphatic heterocycles. The Morgan fingerprint density at radius 2 is 0.833 bits per heavy atom. The van der Waals surface area contributed by atoms with Gasteiger partial charge in [-0.1, -0.05) is 13.2 Å². The molecule has 10 heteroatoms. The lowest BCUT2D eigenvalue weighted by atomic mass is 10.1. The van der Waals surface area contributed by atoms with Gasteiger partial charge in [0.2, 0.25) is 0 Å². The monoisotopic (exact) mass is 286 g/mol. The van der Waals surface area contributed by atoms with E-state index in [4.69, 9.17) is 0 Å². The molecule has 18 heavy (non-hydrogen) atoms. The van der Waals surface area contributed by atoms with E-state index in [9.17, 15) is 35.1 Å². The van der Waals surface area contributed by atoms with Crippen LogP contribution in [0.15, 0.2) is 25.7 Å². The van der Waals surface area contributed by atoms with E-state index in [0.29, 0.717) is 0 Å². The standard InChI is InChI=1S/C8H6F8O2/c1-3-17-7(13,14)5(9,10)6(11,12)8(15,16)18-4-2/h3-4H,1-2H2. The average molecular weight is 286 g/mol. The summed E-state index contributed by atoms with van der Waals surface area (Å²) < 4.78 is 107. The molecule has 0 aromatic carbocycles. The molecule has 0 aliphatic rings. The van der Waals surface area contributed by atoms with Gasteiger partial charge in [0.1, 0.15) is 0 Å². The maximum absolute atomic E-state index is 12.7. The average Bonchev–Trinajstić information content (AvgIpc) is 2.16. The maximum atomic E-state index is 12.7. The Morgan fingerprint density at radius 1 is 0.611 bits per heavy atom. The van der Waals surface area contributed by atoms with Gasteiger partial charge in [-0.05, 0) is 0 Å². The summed E-state index contributed by atoms with van der Waals surface area (Å²) in [7, 11) is 0. The first-order valence-corrected chi connectivity index (χ1v) is 3.96. The second-order valence-electron chi connectivity index (χ2n) is 2.75. The third kappa shape index (κ3) is 2.36. The van der Waals surface area contributed by atoms with Crippen LogP contribution in [-0.2, 0) is 9.47 Å². The molecule has 0 unspecified atom stereocenters. The van der Waals surface area contributed by atoms with Crippen molar-refractivity contribution >= 4 is 0 Å². The van der Waals surface area contributed by atoms with Crippen molar-refractivity contribution in [2.24, 2.45) is 0 Å². The predicted molar refractivity (Wildman–Crippen MR) is 42.4 cm³/mol. The molecule has 0 aliphatic carbocycles. The van der Waals surface area contributed by atoms with Gasteiger partial charge in [0.05, 0.1) is 12.5 Å². The molecule has 0 aromatic rings.